The molecule has 4 rings (SSSR count). The maximum atomic E-state index is 13.1. The molecule has 1 N–H and O–H groups in total. The maximum Gasteiger partial charge on any atom is 0.339 e. The monoisotopic (exact) mass is 417 g/mol. The first-order chi connectivity index (χ1) is 15.0. The van der Waals surface area contributed by atoms with E-state index in [1.165, 1.54) is 0 Å². The number of carbonyl (C=O) groups is 2. The first-order valence-electron chi connectivity index (χ1n) is 10.4. The summed E-state index contributed by atoms with van der Waals surface area (Å²) in [5, 5.41) is 12.5. The van der Waals surface area contributed by atoms with Crippen LogP contribution in [-0.2, 0) is 22.4 Å². The fourth-order valence-electron chi connectivity index (χ4n) is 4.00. The van der Waals surface area contributed by atoms with Crippen molar-refractivity contribution in [3.05, 3.63) is 58.0 Å². The Morgan fingerprint density at radius 3 is 2.77 bits per heavy atom. The van der Waals surface area contributed by atoms with Crippen molar-refractivity contribution < 1.29 is 18.7 Å². The van der Waals surface area contributed by atoms with E-state index in [0.717, 1.165) is 54.3 Å². The highest BCUT2D eigenvalue weighted by molar-refractivity contribution is 6.06. The number of esters is 1. The van der Waals surface area contributed by atoms with Gasteiger partial charge in [0.25, 0.3) is 5.91 Å². The molecule has 2 heterocycles. The molecule has 7 nitrogen and oxygen atoms in total. The Kier molecular flexibility index (Phi) is 5.72. The normalized spacial score (nSPS) is 13.2. The maximum absolute atomic E-state index is 13.1. The van der Waals surface area contributed by atoms with Crippen molar-refractivity contribution >= 4 is 28.7 Å². The van der Waals surface area contributed by atoms with E-state index in [1.807, 2.05) is 30.3 Å². The van der Waals surface area contributed by atoms with Crippen LogP contribution in [0.3, 0.4) is 0 Å². The summed E-state index contributed by atoms with van der Waals surface area (Å²) in [6.07, 6.45) is 4.71. The molecule has 2 aromatic heterocycles. The van der Waals surface area contributed by atoms with Crippen LogP contribution in [0.25, 0.3) is 10.9 Å². The van der Waals surface area contributed by atoms with E-state index < -0.39 is 18.5 Å². The van der Waals surface area contributed by atoms with Crippen LogP contribution in [0.15, 0.2) is 28.7 Å². The number of para-hydroxylation sites is 1. The van der Waals surface area contributed by atoms with Gasteiger partial charge in [0.15, 0.2) is 6.61 Å². The molecule has 31 heavy (non-hydrogen) atoms. The van der Waals surface area contributed by atoms with Crippen LogP contribution in [0, 0.1) is 25.2 Å². The number of benzene rings is 1. The SMILES string of the molecule is Cc1oc(NC(=O)COC(=O)c2c3c(nc4ccccc24)CCCCC3)c(C#N)c1C. The number of hydrogen-bond acceptors (Lipinski definition) is 6. The van der Waals surface area contributed by atoms with Crippen LogP contribution in [0.1, 0.15) is 57.8 Å². The summed E-state index contributed by atoms with van der Waals surface area (Å²) >= 11 is 0. The number of nitrogens with zero attached hydrogens (tertiary/aromatic N) is 2. The molecule has 7 heteroatoms. The Bertz CT molecular complexity index is 1220. The number of nitrogens with one attached hydrogen (secondary N) is 1. The lowest BCUT2D eigenvalue weighted by molar-refractivity contribution is -0.119. The predicted molar refractivity (Wildman–Crippen MR) is 115 cm³/mol. The van der Waals surface area contributed by atoms with Gasteiger partial charge in [0.2, 0.25) is 5.88 Å². The second-order valence-electron chi connectivity index (χ2n) is 7.71. The van der Waals surface area contributed by atoms with E-state index in [9.17, 15) is 14.9 Å². The molecule has 0 saturated heterocycles. The third kappa shape index (κ3) is 4.02. The van der Waals surface area contributed by atoms with E-state index in [0.29, 0.717) is 16.9 Å². The second kappa shape index (κ2) is 8.60. The second-order valence-corrected chi connectivity index (χ2v) is 7.71. The predicted octanol–water partition coefficient (Wildman–Crippen LogP) is 4.38. The lowest BCUT2D eigenvalue weighted by atomic mass is 9.97. The van der Waals surface area contributed by atoms with Crippen LogP contribution in [-0.4, -0.2) is 23.5 Å². The van der Waals surface area contributed by atoms with Gasteiger partial charge < -0.3 is 9.15 Å². The fourth-order valence-corrected chi connectivity index (χ4v) is 4.00. The highest BCUT2D eigenvalue weighted by atomic mass is 16.5. The van der Waals surface area contributed by atoms with Crippen molar-refractivity contribution in [1.29, 1.82) is 5.26 Å². The van der Waals surface area contributed by atoms with Gasteiger partial charge in [0.1, 0.15) is 17.4 Å². The minimum Gasteiger partial charge on any atom is -0.452 e. The van der Waals surface area contributed by atoms with E-state index in [2.05, 4.69) is 5.32 Å². The summed E-state index contributed by atoms with van der Waals surface area (Å²) in [5.74, 6) is -0.487. The van der Waals surface area contributed by atoms with Crippen molar-refractivity contribution in [2.24, 2.45) is 0 Å². The quantitative estimate of drug-likeness (QED) is 0.499. The number of aryl methyl sites for hydroxylation is 2. The van der Waals surface area contributed by atoms with Crippen LogP contribution in [0.4, 0.5) is 5.88 Å². The van der Waals surface area contributed by atoms with Gasteiger partial charge in [-0.2, -0.15) is 5.26 Å². The molecular formula is C24H23N3O4. The molecule has 0 spiro atoms. The van der Waals surface area contributed by atoms with Crippen LogP contribution in [0.2, 0.25) is 0 Å². The molecule has 0 bridgehead atoms. The van der Waals surface area contributed by atoms with E-state index in [4.69, 9.17) is 14.1 Å². The number of ether oxygens (including phenoxy) is 1. The number of anilines is 1. The van der Waals surface area contributed by atoms with E-state index in [-0.39, 0.29) is 11.4 Å². The summed E-state index contributed by atoms with van der Waals surface area (Å²) in [5.41, 5.74) is 4.04. The number of nitriles is 1. The first-order valence-corrected chi connectivity index (χ1v) is 10.4. The first kappa shape index (κ1) is 20.6. The number of furan rings is 1. The van der Waals surface area contributed by atoms with E-state index in [1.54, 1.807) is 13.8 Å². The smallest absolute Gasteiger partial charge is 0.339 e. The van der Waals surface area contributed by atoms with Gasteiger partial charge in [-0.25, -0.2) is 4.79 Å². The molecule has 1 aliphatic rings. The summed E-state index contributed by atoms with van der Waals surface area (Å²) in [7, 11) is 0. The number of pyridine rings is 1. The van der Waals surface area contributed by atoms with E-state index >= 15 is 0 Å². The lowest BCUT2D eigenvalue weighted by Gasteiger charge is -2.14. The highest BCUT2D eigenvalue weighted by Crippen LogP contribution is 2.29. The van der Waals surface area contributed by atoms with Gasteiger partial charge in [-0.15, -0.1) is 0 Å². The summed E-state index contributed by atoms with van der Waals surface area (Å²) < 4.78 is 10.8. The molecule has 0 unspecified atom stereocenters. The Morgan fingerprint density at radius 1 is 1.19 bits per heavy atom. The molecule has 0 radical (unpaired) electrons. The average molecular weight is 417 g/mol. The average Bonchev–Trinajstić information content (AvgIpc) is 2.91. The zero-order valence-corrected chi connectivity index (χ0v) is 17.6. The van der Waals surface area contributed by atoms with Crippen molar-refractivity contribution in [3.8, 4) is 6.07 Å². The third-order valence-electron chi connectivity index (χ3n) is 5.71. The molecule has 0 aliphatic heterocycles. The van der Waals surface area contributed by atoms with Crippen LogP contribution >= 0.6 is 0 Å². The number of aromatic nitrogens is 1. The number of amides is 1. The zero-order chi connectivity index (χ0) is 22.0. The Morgan fingerprint density at radius 2 is 1.97 bits per heavy atom. The Labute approximate surface area is 180 Å². The molecule has 1 aromatic carbocycles. The van der Waals surface area contributed by atoms with Gasteiger partial charge in [0.05, 0.1) is 11.1 Å². The van der Waals surface area contributed by atoms with Crippen molar-refractivity contribution in [2.75, 3.05) is 11.9 Å². The minimum absolute atomic E-state index is 0.0711. The van der Waals surface area contributed by atoms with Crippen LogP contribution < -0.4 is 5.32 Å². The molecule has 3 aromatic rings. The zero-order valence-electron chi connectivity index (χ0n) is 17.6. The molecule has 0 fully saturated rings. The summed E-state index contributed by atoms with van der Waals surface area (Å²) in [6.45, 7) is 2.98. The Hall–Kier alpha value is -3.66. The largest absolute Gasteiger partial charge is 0.452 e. The molecule has 1 amide bonds. The number of rotatable bonds is 4. The van der Waals surface area contributed by atoms with Crippen LogP contribution in [0.5, 0.6) is 0 Å². The van der Waals surface area contributed by atoms with Gasteiger partial charge in [-0.3, -0.25) is 15.1 Å². The summed E-state index contributed by atoms with van der Waals surface area (Å²) in [4.78, 5) is 30.2. The third-order valence-corrected chi connectivity index (χ3v) is 5.71. The topological polar surface area (TPSA) is 105 Å². The number of hydrogen-bond donors (Lipinski definition) is 1. The molecule has 1 aliphatic carbocycles. The molecule has 0 atom stereocenters. The number of fused-ring (bicyclic) bond motifs is 2. The molecular weight excluding hydrogens is 394 g/mol. The molecule has 0 saturated carbocycles. The Balaban J connectivity index is 1.57. The van der Waals surface area contributed by atoms with Gasteiger partial charge in [0, 0.05) is 16.6 Å². The highest BCUT2D eigenvalue weighted by Gasteiger charge is 2.24. The molecule has 158 valence electrons. The van der Waals surface area contributed by atoms with Crippen molar-refractivity contribution in [2.45, 2.75) is 46.0 Å². The minimum atomic E-state index is -0.567. The number of carbonyl (C=O) groups excluding carboxylic acids is 2. The standard InChI is InChI=1S/C24H23N3O4/c1-14-15(2)31-23(18(14)12-25)27-21(28)13-30-24(29)22-16-8-4-3-5-10-19(16)26-20-11-7-6-9-17(20)22/h6-7,9,11H,3-5,8,10,13H2,1-2H3,(H,27,28). The van der Waals surface area contributed by atoms with Crippen molar-refractivity contribution in [1.82, 2.24) is 4.98 Å². The van der Waals surface area contributed by atoms with Crippen molar-refractivity contribution in [3.63, 3.8) is 0 Å². The van der Waals surface area contributed by atoms with Gasteiger partial charge in [-0.05, 0) is 51.2 Å². The summed E-state index contributed by atoms with van der Waals surface area (Å²) in [6, 6.07) is 9.51. The van der Waals surface area contributed by atoms with Gasteiger partial charge >= 0.3 is 5.97 Å². The lowest BCUT2D eigenvalue weighted by Crippen LogP contribution is -2.22. The fraction of sp³-hybridized carbons (Fsp3) is 0.333. The van der Waals surface area contributed by atoms with Gasteiger partial charge in [-0.1, -0.05) is 24.6 Å².